The van der Waals surface area contributed by atoms with E-state index in [2.05, 4.69) is 9.84 Å². The minimum absolute atomic E-state index is 0.173. The van der Waals surface area contributed by atoms with Crippen LogP contribution in [-0.2, 0) is 20.9 Å². The summed E-state index contributed by atoms with van der Waals surface area (Å²) in [6.07, 6.45) is 5.07. The molecule has 6 heteroatoms. The van der Waals surface area contributed by atoms with Crippen LogP contribution in [0.15, 0.2) is 48.8 Å². The average Bonchev–Trinajstić information content (AvgIpc) is 3.00. The number of ether oxygens (including phenoxy) is 2. The molecule has 2 rings (SSSR count). The van der Waals surface area contributed by atoms with Gasteiger partial charge in [0.1, 0.15) is 6.61 Å². The second-order valence-corrected chi connectivity index (χ2v) is 4.11. The fourth-order valence-electron chi connectivity index (χ4n) is 1.54. The normalized spacial score (nSPS) is 10.5. The summed E-state index contributed by atoms with van der Waals surface area (Å²) in [4.78, 5) is 22.7. The van der Waals surface area contributed by atoms with Gasteiger partial charge in [-0.2, -0.15) is 9.78 Å². The van der Waals surface area contributed by atoms with Crippen molar-refractivity contribution in [2.24, 2.45) is 0 Å². The Morgan fingerprint density at radius 2 is 2.05 bits per heavy atom. The van der Waals surface area contributed by atoms with Crippen molar-refractivity contribution in [3.8, 4) is 0 Å². The van der Waals surface area contributed by atoms with Crippen molar-refractivity contribution in [2.75, 3.05) is 7.11 Å². The van der Waals surface area contributed by atoms with Gasteiger partial charge in [0.05, 0.1) is 13.3 Å². The van der Waals surface area contributed by atoms with E-state index < -0.39 is 12.1 Å². The highest BCUT2D eigenvalue weighted by Gasteiger charge is 2.07. The van der Waals surface area contributed by atoms with E-state index >= 15 is 0 Å². The van der Waals surface area contributed by atoms with Crippen molar-refractivity contribution in [3.63, 3.8) is 0 Å². The lowest BCUT2D eigenvalue weighted by Gasteiger charge is -2.03. The lowest BCUT2D eigenvalue weighted by molar-refractivity contribution is -0.134. The Morgan fingerprint density at radius 3 is 2.76 bits per heavy atom. The van der Waals surface area contributed by atoms with E-state index in [4.69, 9.17) is 4.74 Å². The lowest BCUT2D eigenvalue weighted by Crippen LogP contribution is -2.13. The Bertz CT molecular complexity index is 647. The molecular weight excluding hydrogens is 272 g/mol. The molecule has 0 radical (unpaired) electrons. The maximum Gasteiger partial charge on any atom is 0.435 e. The van der Waals surface area contributed by atoms with Gasteiger partial charge in [0.15, 0.2) is 0 Å². The van der Waals surface area contributed by atoms with Gasteiger partial charge in [-0.15, -0.1) is 0 Å². The molecule has 0 fully saturated rings. The molecule has 1 aromatic heterocycles. The number of esters is 1. The summed E-state index contributed by atoms with van der Waals surface area (Å²) >= 11 is 0. The molecule has 1 aromatic carbocycles. The topological polar surface area (TPSA) is 70.4 Å². The summed E-state index contributed by atoms with van der Waals surface area (Å²) in [5.41, 5.74) is 1.49. The molecule has 1 heterocycles. The summed E-state index contributed by atoms with van der Waals surface area (Å²) in [7, 11) is 1.29. The van der Waals surface area contributed by atoms with Crippen molar-refractivity contribution in [2.45, 2.75) is 6.61 Å². The molecule has 0 unspecified atom stereocenters. The molecule has 0 spiro atoms. The first-order chi connectivity index (χ1) is 10.2. The molecule has 0 aliphatic heterocycles. The quantitative estimate of drug-likeness (QED) is 0.637. The number of nitrogens with zero attached hydrogens (tertiary/aromatic N) is 2. The first-order valence-electron chi connectivity index (χ1n) is 6.21. The highest BCUT2D eigenvalue weighted by Crippen LogP contribution is 2.04. The van der Waals surface area contributed by atoms with Crippen LogP contribution in [0.5, 0.6) is 0 Å². The Kier molecular flexibility index (Phi) is 4.87. The van der Waals surface area contributed by atoms with E-state index in [1.165, 1.54) is 31.7 Å². The van der Waals surface area contributed by atoms with Crippen LogP contribution in [0.2, 0.25) is 0 Å². The van der Waals surface area contributed by atoms with Gasteiger partial charge in [0.25, 0.3) is 0 Å². The SMILES string of the molecule is COC(=O)/C=C/c1cnn(C(=O)OCc2ccccc2)c1. The Hall–Kier alpha value is -2.89. The molecule has 2 aromatic rings. The minimum atomic E-state index is -0.587. The zero-order valence-corrected chi connectivity index (χ0v) is 11.4. The first kappa shape index (κ1) is 14.5. The van der Waals surface area contributed by atoms with Crippen molar-refractivity contribution in [3.05, 3.63) is 59.9 Å². The van der Waals surface area contributed by atoms with Crippen LogP contribution < -0.4 is 0 Å². The molecule has 0 bridgehead atoms. The van der Waals surface area contributed by atoms with Gasteiger partial charge in [-0.1, -0.05) is 30.3 Å². The van der Waals surface area contributed by atoms with Gasteiger partial charge in [0, 0.05) is 17.8 Å². The Morgan fingerprint density at radius 1 is 1.29 bits per heavy atom. The van der Waals surface area contributed by atoms with Crippen LogP contribution in [0.3, 0.4) is 0 Å². The molecule has 0 saturated heterocycles. The smallest absolute Gasteiger partial charge is 0.435 e. The Balaban J connectivity index is 1.93. The first-order valence-corrected chi connectivity index (χ1v) is 6.21. The van der Waals surface area contributed by atoms with Crippen molar-refractivity contribution in [1.29, 1.82) is 0 Å². The molecular formula is C15H14N2O4. The highest BCUT2D eigenvalue weighted by atomic mass is 16.6. The third kappa shape index (κ3) is 4.31. The number of carbonyl (C=O) groups excluding carboxylic acids is 2. The molecule has 0 aliphatic rings. The molecule has 6 nitrogen and oxygen atoms in total. The van der Waals surface area contributed by atoms with Gasteiger partial charge in [-0.3, -0.25) is 0 Å². The number of benzene rings is 1. The zero-order chi connectivity index (χ0) is 15.1. The Labute approximate surface area is 121 Å². The molecule has 0 atom stereocenters. The monoisotopic (exact) mass is 286 g/mol. The summed E-state index contributed by atoms with van der Waals surface area (Å²) < 4.78 is 10.7. The number of hydrogen-bond donors (Lipinski definition) is 0. The van der Waals surface area contributed by atoms with Crippen LogP contribution in [-0.4, -0.2) is 29.0 Å². The third-order valence-corrected chi connectivity index (χ3v) is 2.61. The number of methoxy groups -OCH3 is 1. The van der Waals surface area contributed by atoms with Crippen LogP contribution in [0.4, 0.5) is 4.79 Å². The van der Waals surface area contributed by atoms with E-state index in [9.17, 15) is 9.59 Å². The number of carbonyl (C=O) groups is 2. The number of hydrogen-bond acceptors (Lipinski definition) is 5. The van der Waals surface area contributed by atoms with Gasteiger partial charge < -0.3 is 9.47 Å². The predicted octanol–water partition coefficient (Wildman–Crippen LogP) is 2.25. The van der Waals surface area contributed by atoms with Crippen molar-refractivity contribution < 1.29 is 19.1 Å². The molecule has 0 N–H and O–H groups in total. The standard InChI is InChI=1S/C15H14N2O4/c1-20-14(18)8-7-13-9-16-17(10-13)15(19)21-11-12-5-3-2-4-6-12/h2-10H,11H2,1H3/b8-7+. The molecule has 21 heavy (non-hydrogen) atoms. The maximum atomic E-state index is 11.8. The second-order valence-electron chi connectivity index (χ2n) is 4.11. The lowest BCUT2D eigenvalue weighted by atomic mass is 10.2. The van der Waals surface area contributed by atoms with Crippen LogP contribution in [0, 0.1) is 0 Å². The van der Waals surface area contributed by atoms with E-state index in [1.807, 2.05) is 30.3 Å². The number of rotatable bonds is 4. The van der Waals surface area contributed by atoms with Crippen LogP contribution >= 0.6 is 0 Å². The third-order valence-electron chi connectivity index (χ3n) is 2.61. The fraction of sp³-hybridized carbons (Fsp3) is 0.133. The second kappa shape index (κ2) is 7.04. The maximum absolute atomic E-state index is 11.8. The number of aromatic nitrogens is 2. The molecule has 108 valence electrons. The van der Waals surface area contributed by atoms with Crippen LogP contribution in [0.25, 0.3) is 6.08 Å². The van der Waals surface area contributed by atoms with E-state index in [1.54, 1.807) is 0 Å². The molecule has 0 saturated carbocycles. The summed E-state index contributed by atoms with van der Waals surface area (Å²) in [6, 6.07) is 9.35. The van der Waals surface area contributed by atoms with Crippen LogP contribution in [0.1, 0.15) is 11.1 Å². The summed E-state index contributed by atoms with van der Waals surface area (Å²) in [5, 5.41) is 3.87. The fourth-order valence-corrected chi connectivity index (χ4v) is 1.54. The van der Waals surface area contributed by atoms with Crippen molar-refractivity contribution in [1.82, 2.24) is 9.78 Å². The minimum Gasteiger partial charge on any atom is -0.466 e. The van der Waals surface area contributed by atoms with Gasteiger partial charge >= 0.3 is 12.1 Å². The predicted molar refractivity (Wildman–Crippen MR) is 75.3 cm³/mol. The van der Waals surface area contributed by atoms with Gasteiger partial charge in [-0.05, 0) is 11.6 Å². The average molecular weight is 286 g/mol. The molecule has 0 amide bonds. The van der Waals surface area contributed by atoms with Crippen molar-refractivity contribution >= 4 is 18.1 Å². The van der Waals surface area contributed by atoms with Gasteiger partial charge in [0.2, 0.25) is 0 Å². The van der Waals surface area contributed by atoms with E-state index in [-0.39, 0.29) is 6.61 Å². The van der Waals surface area contributed by atoms with E-state index in [0.29, 0.717) is 5.56 Å². The highest BCUT2D eigenvalue weighted by molar-refractivity contribution is 5.86. The summed E-state index contributed by atoms with van der Waals surface area (Å²) in [5.74, 6) is -0.477. The zero-order valence-electron chi connectivity index (χ0n) is 11.4. The molecule has 0 aliphatic carbocycles. The summed E-state index contributed by atoms with van der Waals surface area (Å²) in [6.45, 7) is 0.173. The van der Waals surface area contributed by atoms with Gasteiger partial charge in [-0.25, -0.2) is 9.59 Å². The largest absolute Gasteiger partial charge is 0.466 e. The van der Waals surface area contributed by atoms with E-state index in [0.717, 1.165) is 10.2 Å².